The maximum absolute atomic E-state index is 12.0. The van der Waals surface area contributed by atoms with E-state index < -0.39 is 20.0 Å². The van der Waals surface area contributed by atoms with Crippen molar-refractivity contribution in [1.82, 2.24) is 4.72 Å². The number of halogens is 2. The molecule has 0 heterocycles. The topological polar surface area (TPSA) is 132 Å². The smallest absolute Gasteiger partial charge is 0.242 e. The average molecular weight is 362 g/mol. The third-order valence-corrected chi connectivity index (χ3v) is 5.49. The molecule has 0 amide bonds. The minimum Gasteiger partial charge on any atom is -0.396 e. The number of nitrogens with one attached hydrogen (secondary N) is 1. The standard InChI is InChI=1S/C9H13Cl2N3O4S2/c10-6-2-3-7(8(11)9(6)12)20(17,18)14-4-1-5-19(13,15)16/h2-3,14H,1,4-5,12H2,(H2,13,15,16). The number of nitrogen functional groups attached to an aromatic ring is 1. The molecule has 0 bridgehead atoms. The van der Waals surface area contributed by atoms with Gasteiger partial charge in [-0.15, -0.1) is 0 Å². The van der Waals surface area contributed by atoms with Gasteiger partial charge in [-0.3, -0.25) is 0 Å². The molecular formula is C9H13Cl2N3O4S2. The first-order valence-corrected chi connectivity index (χ1v) is 9.23. The summed E-state index contributed by atoms with van der Waals surface area (Å²) in [6, 6.07) is 2.52. The Bertz CT molecular complexity index is 704. The van der Waals surface area contributed by atoms with Crippen molar-refractivity contribution in [3.05, 3.63) is 22.2 Å². The van der Waals surface area contributed by atoms with Crippen molar-refractivity contribution in [2.45, 2.75) is 11.3 Å². The molecule has 0 aliphatic carbocycles. The number of benzene rings is 1. The molecule has 0 unspecified atom stereocenters. The zero-order valence-electron chi connectivity index (χ0n) is 10.1. The number of hydrogen-bond donors (Lipinski definition) is 3. The van der Waals surface area contributed by atoms with E-state index in [0.717, 1.165) is 0 Å². The predicted octanol–water partition coefficient (Wildman–Crippen LogP) is 0.533. The van der Waals surface area contributed by atoms with Gasteiger partial charge in [0, 0.05) is 6.54 Å². The lowest BCUT2D eigenvalue weighted by Crippen LogP contribution is -2.27. The summed E-state index contributed by atoms with van der Waals surface area (Å²) in [5, 5.41) is 4.76. The van der Waals surface area contributed by atoms with Crippen molar-refractivity contribution in [3.8, 4) is 0 Å². The summed E-state index contributed by atoms with van der Waals surface area (Å²) in [5.41, 5.74) is 5.50. The Kier molecular flexibility index (Phi) is 5.64. The van der Waals surface area contributed by atoms with E-state index in [1.807, 2.05) is 0 Å². The first-order chi connectivity index (χ1) is 9.04. The summed E-state index contributed by atoms with van der Waals surface area (Å²) in [6.07, 6.45) is 0.0404. The molecule has 0 saturated heterocycles. The van der Waals surface area contributed by atoms with E-state index in [1.165, 1.54) is 12.1 Å². The van der Waals surface area contributed by atoms with Gasteiger partial charge in [0.15, 0.2) is 0 Å². The number of hydrogen-bond acceptors (Lipinski definition) is 5. The van der Waals surface area contributed by atoms with Crippen molar-refractivity contribution < 1.29 is 16.8 Å². The largest absolute Gasteiger partial charge is 0.396 e. The molecule has 20 heavy (non-hydrogen) atoms. The van der Waals surface area contributed by atoms with Gasteiger partial charge in [0.1, 0.15) is 4.90 Å². The maximum Gasteiger partial charge on any atom is 0.242 e. The van der Waals surface area contributed by atoms with Crippen molar-refractivity contribution in [1.29, 1.82) is 0 Å². The predicted molar refractivity (Wildman–Crippen MR) is 78.7 cm³/mol. The van der Waals surface area contributed by atoms with Gasteiger partial charge in [-0.05, 0) is 18.6 Å². The third kappa shape index (κ3) is 4.76. The fourth-order valence-corrected chi connectivity index (χ4v) is 3.70. The zero-order valence-corrected chi connectivity index (χ0v) is 13.3. The quantitative estimate of drug-likeness (QED) is 0.502. The van der Waals surface area contributed by atoms with E-state index in [1.54, 1.807) is 0 Å². The summed E-state index contributed by atoms with van der Waals surface area (Å²) < 4.78 is 47.6. The Morgan fingerprint density at radius 3 is 2.30 bits per heavy atom. The molecule has 0 aliphatic heterocycles. The monoisotopic (exact) mass is 361 g/mol. The Morgan fingerprint density at radius 1 is 1.15 bits per heavy atom. The second kappa shape index (κ2) is 6.46. The maximum atomic E-state index is 12.0. The molecule has 7 nitrogen and oxygen atoms in total. The first kappa shape index (κ1) is 17.5. The van der Waals surface area contributed by atoms with Crippen LogP contribution >= 0.6 is 23.2 Å². The van der Waals surface area contributed by atoms with Crippen LogP contribution in [-0.4, -0.2) is 29.1 Å². The summed E-state index contributed by atoms with van der Waals surface area (Å²) in [5.74, 6) is -0.327. The fourth-order valence-electron chi connectivity index (χ4n) is 1.31. The molecule has 0 fully saturated rings. The first-order valence-electron chi connectivity index (χ1n) is 5.28. The molecule has 5 N–H and O–H groups in total. The lowest BCUT2D eigenvalue weighted by Gasteiger charge is -2.10. The fraction of sp³-hybridized carbons (Fsp3) is 0.333. The molecular weight excluding hydrogens is 349 g/mol. The molecule has 0 atom stereocenters. The number of nitrogens with two attached hydrogens (primary N) is 2. The van der Waals surface area contributed by atoms with Crippen LogP contribution in [0.15, 0.2) is 17.0 Å². The minimum atomic E-state index is -3.90. The highest BCUT2D eigenvalue weighted by Gasteiger charge is 2.20. The van der Waals surface area contributed by atoms with Crippen LogP contribution in [0.25, 0.3) is 0 Å². The Labute approximate surface area is 127 Å². The van der Waals surface area contributed by atoms with E-state index in [4.69, 9.17) is 34.1 Å². The highest BCUT2D eigenvalue weighted by molar-refractivity contribution is 7.89. The molecule has 0 radical (unpaired) electrons. The number of primary sulfonamides is 1. The summed E-state index contributed by atoms with van der Waals surface area (Å²) in [4.78, 5) is -0.225. The van der Waals surface area contributed by atoms with Gasteiger partial charge < -0.3 is 5.73 Å². The van der Waals surface area contributed by atoms with Crippen LogP contribution in [0.2, 0.25) is 10.0 Å². The number of anilines is 1. The summed E-state index contributed by atoms with van der Waals surface area (Å²) in [7, 11) is -7.53. The van der Waals surface area contributed by atoms with E-state index in [9.17, 15) is 16.8 Å². The van der Waals surface area contributed by atoms with E-state index >= 15 is 0 Å². The molecule has 11 heteroatoms. The van der Waals surface area contributed by atoms with Crippen LogP contribution < -0.4 is 15.6 Å². The lowest BCUT2D eigenvalue weighted by molar-refractivity contribution is 0.576. The zero-order chi connectivity index (χ0) is 15.6. The molecule has 0 spiro atoms. The summed E-state index contributed by atoms with van der Waals surface area (Å²) >= 11 is 11.5. The van der Waals surface area contributed by atoms with Gasteiger partial charge in [0.2, 0.25) is 20.0 Å². The van der Waals surface area contributed by atoms with Crippen LogP contribution in [0.4, 0.5) is 5.69 Å². The van der Waals surface area contributed by atoms with Gasteiger partial charge in [-0.1, -0.05) is 23.2 Å². The molecule has 1 rings (SSSR count). The van der Waals surface area contributed by atoms with Crippen LogP contribution in [0, 0.1) is 0 Å². The summed E-state index contributed by atoms with van der Waals surface area (Å²) in [6.45, 7) is -0.0996. The van der Waals surface area contributed by atoms with Crippen LogP contribution in [0.3, 0.4) is 0 Å². The minimum absolute atomic E-state index is 0.0404. The molecule has 0 saturated carbocycles. The number of rotatable bonds is 6. The van der Waals surface area contributed by atoms with Gasteiger partial charge >= 0.3 is 0 Å². The van der Waals surface area contributed by atoms with Crippen molar-refractivity contribution in [2.75, 3.05) is 18.0 Å². The van der Waals surface area contributed by atoms with Crippen molar-refractivity contribution >= 4 is 48.9 Å². The van der Waals surface area contributed by atoms with Crippen molar-refractivity contribution in [3.63, 3.8) is 0 Å². The van der Waals surface area contributed by atoms with Gasteiger partial charge in [-0.2, -0.15) is 0 Å². The van der Waals surface area contributed by atoms with Crippen LogP contribution in [0.5, 0.6) is 0 Å². The van der Waals surface area contributed by atoms with Gasteiger partial charge in [-0.25, -0.2) is 26.7 Å². The molecule has 0 aliphatic rings. The Balaban J connectivity index is 2.83. The molecule has 1 aromatic carbocycles. The highest BCUT2D eigenvalue weighted by Crippen LogP contribution is 2.32. The van der Waals surface area contributed by atoms with Crippen LogP contribution in [0.1, 0.15) is 6.42 Å². The lowest BCUT2D eigenvalue weighted by atomic mass is 10.3. The van der Waals surface area contributed by atoms with E-state index in [-0.39, 0.29) is 39.3 Å². The third-order valence-electron chi connectivity index (χ3n) is 2.28. The Morgan fingerprint density at radius 2 is 1.75 bits per heavy atom. The molecule has 0 aromatic heterocycles. The second-order valence-electron chi connectivity index (χ2n) is 3.89. The average Bonchev–Trinajstić information content (AvgIpc) is 2.30. The number of sulfonamides is 2. The van der Waals surface area contributed by atoms with Crippen molar-refractivity contribution in [2.24, 2.45) is 5.14 Å². The SMILES string of the molecule is Nc1c(Cl)ccc(S(=O)(=O)NCCCS(N)(=O)=O)c1Cl. The van der Waals surface area contributed by atoms with E-state index in [2.05, 4.69) is 4.72 Å². The highest BCUT2D eigenvalue weighted by atomic mass is 35.5. The second-order valence-corrected chi connectivity index (χ2v) is 8.15. The van der Waals surface area contributed by atoms with Gasteiger partial charge in [0.05, 0.1) is 21.5 Å². The van der Waals surface area contributed by atoms with Crippen LogP contribution in [-0.2, 0) is 20.0 Å². The van der Waals surface area contributed by atoms with Gasteiger partial charge in [0.25, 0.3) is 0 Å². The van der Waals surface area contributed by atoms with E-state index in [0.29, 0.717) is 0 Å². The normalized spacial score (nSPS) is 12.6. The molecule has 114 valence electrons. The Hall–Kier alpha value is -0.580. The molecule has 1 aromatic rings.